The van der Waals surface area contributed by atoms with E-state index in [1.54, 1.807) is 24.3 Å². The number of hydrogen-bond acceptors (Lipinski definition) is 3. The van der Waals surface area contributed by atoms with Crippen molar-refractivity contribution in [2.24, 2.45) is 5.73 Å². The first kappa shape index (κ1) is 11.9. The minimum Gasteiger partial charge on any atom is -0.508 e. The van der Waals surface area contributed by atoms with Crippen LogP contribution in [-0.2, 0) is 11.2 Å². The molecule has 2 rings (SSSR count). The van der Waals surface area contributed by atoms with E-state index in [-0.39, 0.29) is 11.7 Å². The number of nitrogens with two attached hydrogens (primary N) is 1. The van der Waals surface area contributed by atoms with Crippen molar-refractivity contribution in [3.8, 4) is 5.75 Å². The Morgan fingerprint density at radius 3 is 2.59 bits per heavy atom. The lowest BCUT2D eigenvalue weighted by Gasteiger charge is -2.27. The summed E-state index contributed by atoms with van der Waals surface area (Å²) in [5.41, 5.74) is 6.80. The fourth-order valence-corrected chi connectivity index (χ4v) is 1.84. The van der Waals surface area contributed by atoms with Crippen LogP contribution in [0.5, 0.6) is 5.75 Å². The molecule has 1 aromatic carbocycles. The summed E-state index contributed by atoms with van der Waals surface area (Å²) in [6.07, 6.45) is 3.83. The van der Waals surface area contributed by atoms with E-state index in [1.165, 1.54) is 6.42 Å². The number of phenols is 1. The van der Waals surface area contributed by atoms with Crippen LogP contribution in [0.3, 0.4) is 0 Å². The second kappa shape index (κ2) is 5.19. The van der Waals surface area contributed by atoms with E-state index in [0.717, 1.165) is 18.4 Å². The number of carbonyl (C=O) groups is 1. The fraction of sp³-hybridized carbons (Fsp3) is 0.462. The van der Waals surface area contributed by atoms with Crippen molar-refractivity contribution in [1.82, 2.24) is 5.32 Å². The Labute approximate surface area is 101 Å². The number of benzene rings is 1. The molecule has 1 aromatic rings. The maximum Gasteiger partial charge on any atom is 0.237 e. The summed E-state index contributed by atoms with van der Waals surface area (Å²) >= 11 is 0. The third-order valence-corrected chi connectivity index (χ3v) is 3.18. The Morgan fingerprint density at radius 2 is 2.06 bits per heavy atom. The summed E-state index contributed by atoms with van der Waals surface area (Å²) in [5.74, 6) is 0.143. The van der Waals surface area contributed by atoms with Crippen molar-refractivity contribution >= 4 is 5.91 Å². The van der Waals surface area contributed by atoms with Gasteiger partial charge in [-0.25, -0.2) is 0 Å². The molecule has 1 aliphatic rings. The van der Waals surface area contributed by atoms with Gasteiger partial charge in [0.1, 0.15) is 5.75 Å². The molecular formula is C13H18N2O2. The van der Waals surface area contributed by atoms with Gasteiger partial charge in [0.05, 0.1) is 6.04 Å². The first-order valence-corrected chi connectivity index (χ1v) is 5.99. The largest absolute Gasteiger partial charge is 0.508 e. The van der Waals surface area contributed by atoms with E-state index in [4.69, 9.17) is 10.8 Å². The van der Waals surface area contributed by atoms with Crippen LogP contribution in [0.15, 0.2) is 24.3 Å². The standard InChI is InChI=1S/C13H18N2O2/c14-12(13(17)15-10-2-1-3-10)8-9-4-6-11(16)7-5-9/h4-7,10,12,16H,1-3,8,14H2,(H,15,17)/t12-/m0/s1. The number of aromatic hydroxyl groups is 1. The Balaban J connectivity index is 1.84. The van der Waals surface area contributed by atoms with Crippen molar-refractivity contribution in [2.45, 2.75) is 37.8 Å². The van der Waals surface area contributed by atoms with Crippen LogP contribution in [-0.4, -0.2) is 23.1 Å². The number of carbonyl (C=O) groups excluding carboxylic acids is 1. The Bertz CT molecular complexity index is 385. The highest BCUT2D eigenvalue weighted by atomic mass is 16.3. The maximum atomic E-state index is 11.7. The molecule has 1 amide bonds. The van der Waals surface area contributed by atoms with E-state index in [1.807, 2.05) is 0 Å². The van der Waals surface area contributed by atoms with E-state index < -0.39 is 6.04 Å². The first-order valence-electron chi connectivity index (χ1n) is 5.99. The average molecular weight is 234 g/mol. The zero-order valence-electron chi connectivity index (χ0n) is 9.73. The predicted molar refractivity (Wildman–Crippen MR) is 65.6 cm³/mol. The molecule has 1 aliphatic carbocycles. The van der Waals surface area contributed by atoms with Gasteiger partial charge in [0.25, 0.3) is 0 Å². The van der Waals surface area contributed by atoms with Gasteiger partial charge in [-0.1, -0.05) is 12.1 Å². The van der Waals surface area contributed by atoms with Gasteiger partial charge in [0.15, 0.2) is 0 Å². The minimum absolute atomic E-state index is 0.0808. The SMILES string of the molecule is N[C@@H](Cc1ccc(O)cc1)C(=O)NC1CCC1. The third kappa shape index (κ3) is 3.20. The highest BCUT2D eigenvalue weighted by Crippen LogP contribution is 2.18. The molecule has 1 saturated carbocycles. The summed E-state index contributed by atoms with van der Waals surface area (Å²) in [6, 6.07) is 6.59. The zero-order chi connectivity index (χ0) is 12.3. The molecule has 0 saturated heterocycles. The molecule has 4 heteroatoms. The van der Waals surface area contributed by atoms with Crippen LogP contribution in [0.25, 0.3) is 0 Å². The summed E-state index contributed by atoms with van der Waals surface area (Å²) in [7, 11) is 0. The van der Waals surface area contributed by atoms with Crippen LogP contribution < -0.4 is 11.1 Å². The second-order valence-electron chi connectivity index (χ2n) is 4.61. The maximum absolute atomic E-state index is 11.7. The van der Waals surface area contributed by atoms with E-state index in [0.29, 0.717) is 12.5 Å². The quantitative estimate of drug-likeness (QED) is 0.725. The number of hydrogen-bond donors (Lipinski definition) is 3. The van der Waals surface area contributed by atoms with Gasteiger partial charge in [0, 0.05) is 6.04 Å². The molecule has 1 atom stereocenters. The van der Waals surface area contributed by atoms with E-state index in [9.17, 15) is 4.79 Å². The third-order valence-electron chi connectivity index (χ3n) is 3.18. The molecule has 0 aromatic heterocycles. The van der Waals surface area contributed by atoms with Crippen LogP contribution >= 0.6 is 0 Å². The summed E-state index contributed by atoms with van der Waals surface area (Å²) in [4.78, 5) is 11.7. The Morgan fingerprint density at radius 1 is 1.41 bits per heavy atom. The molecule has 1 fully saturated rings. The van der Waals surface area contributed by atoms with Gasteiger partial charge in [0.2, 0.25) is 5.91 Å². The minimum atomic E-state index is -0.514. The Kier molecular flexibility index (Phi) is 3.64. The molecule has 0 spiro atoms. The van der Waals surface area contributed by atoms with Crippen molar-refractivity contribution in [2.75, 3.05) is 0 Å². The molecule has 0 bridgehead atoms. The van der Waals surface area contributed by atoms with Crippen molar-refractivity contribution in [1.29, 1.82) is 0 Å². The number of rotatable bonds is 4. The van der Waals surface area contributed by atoms with Gasteiger partial charge < -0.3 is 16.2 Å². The summed E-state index contributed by atoms with van der Waals surface area (Å²) < 4.78 is 0. The first-order chi connectivity index (χ1) is 8.15. The van der Waals surface area contributed by atoms with Crippen LogP contribution in [0.2, 0.25) is 0 Å². The fourth-order valence-electron chi connectivity index (χ4n) is 1.84. The van der Waals surface area contributed by atoms with Crippen molar-refractivity contribution in [3.63, 3.8) is 0 Å². The zero-order valence-corrected chi connectivity index (χ0v) is 9.73. The predicted octanol–water partition coefficient (Wildman–Crippen LogP) is 0.931. The van der Waals surface area contributed by atoms with Crippen molar-refractivity contribution < 1.29 is 9.90 Å². The highest BCUT2D eigenvalue weighted by Gasteiger charge is 2.22. The topological polar surface area (TPSA) is 75.3 Å². The average Bonchev–Trinajstić information content (AvgIpc) is 2.26. The van der Waals surface area contributed by atoms with Gasteiger partial charge >= 0.3 is 0 Å². The normalized spacial score (nSPS) is 17.2. The van der Waals surface area contributed by atoms with Gasteiger partial charge in [-0.2, -0.15) is 0 Å². The van der Waals surface area contributed by atoms with E-state index >= 15 is 0 Å². The van der Waals surface area contributed by atoms with E-state index in [2.05, 4.69) is 5.32 Å². The molecule has 0 unspecified atom stereocenters. The molecule has 0 heterocycles. The van der Waals surface area contributed by atoms with Crippen LogP contribution in [0.1, 0.15) is 24.8 Å². The smallest absolute Gasteiger partial charge is 0.237 e. The monoisotopic (exact) mass is 234 g/mol. The molecule has 4 nitrogen and oxygen atoms in total. The number of amides is 1. The lowest BCUT2D eigenvalue weighted by atomic mass is 9.92. The summed E-state index contributed by atoms with van der Waals surface area (Å²) in [6.45, 7) is 0. The van der Waals surface area contributed by atoms with Crippen LogP contribution in [0, 0.1) is 0 Å². The second-order valence-corrected chi connectivity index (χ2v) is 4.61. The van der Waals surface area contributed by atoms with Crippen LogP contribution in [0.4, 0.5) is 0 Å². The summed E-state index contributed by atoms with van der Waals surface area (Å²) in [5, 5.41) is 12.1. The lowest BCUT2D eigenvalue weighted by molar-refractivity contribution is -0.123. The molecular weight excluding hydrogens is 216 g/mol. The van der Waals surface area contributed by atoms with Gasteiger partial charge in [-0.05, 0) is 43.4 Å². The number of phenolic OH excluding ortho intramolecular Hbond substituents is 1. The Hall–Kier alpha value is -1.55. The molecule has 17 heavy (non-hydrogen) atoms. The molecule has 0 radical (unpaired) electrons. The van der Waals surface area contributed by atoms with Gasteiger partial charge in [-0.3, -0.25) is 4.79 Å². The number of nitrogens with one attached hydrogen (secondary N) is 1. The van der Waals surface area contributed by atoms with Crippen molar-refractivity contribution in [3.05, 3.63) is 29.8 Å². The lowest BCUT2D eigenvalue weighted by Crippen LogP contribution is -2.48. The molecule has 4 N–H and O–H groups in total. The molecule has 92 valence electrons. The van der Waals surface area contributed by atoms with Gasteiger partial charge in [-0.15, -0.1) is 0 Å². The highest BCUT2D eigenvalue weighted by molar-refractivity contribution is 5.82. The molecule has 0 aliphatic heterocycles.